The minimum absolute atomic E-state index is 0.0695. The van der Waals surface area contributed by atoms with E-state index in [2.05, 4.69) is 34.6 Å². The number of aromatic nitrogens is 4. The molecule has 10 nitrogen and oxygen atoms in total. The van der Waals surface area contributed by atoms with Crippen LogP contribution in [0.1, 0.15) is 43.7 Å². The Hall–Kier alpha value is -4.04. The molecule has 212 valence electrons. The van der Waals surface area contributed by atoms with Gasteiger partial charge in [0.05, 0.1) is 23.3 Å². The first-order valence-electron chi connectivity index (χ1n) is 14.4. The van der Waals surface area contributed by atoms with Crippen LogP contribution in [0.25, 0.3) is 22.2 Å². The lowest BCUT2D eigenvalue weighted by Crippen LogP contribution is -2.59. The van der Waals surface area contributed by atoms with Crippen LogP contribution in [-0.4, -0.2) is 87.9 Å². The van der Waals surface area contributed by atoms with Crippen LogP contribution in [0.5, 0.6) is 6.01 Å². The molecule has 0 N–H and O–H groups in total. The summed E-state index contributed by atoms with van der Waals surface area (Å²) in [5, 5.41) is 15.9. The van der Waals surface area contributed by atoms with E-state index in [4.69, 9.17) is 14.7 Å². The zero-order chi connectivity index (χ0) is 28.3. The number of likely N-dealkylation sites (N-methyl/N-ethyl adjacent to an activating group) is 1. The first-order chi connectivity index (χ1) is 19.9. The minimum Gasteiger partial charge on any atom is -0.462 e. The van der Waals surface area contributed by atoms with Crippen LogP contribution in [0.4, 0.5) is 10.2 Å². The Kier molecular flexibility index (Phi) is 6.19. The molecule has 0 radical (unpaired) electrons. The molecular formula is C30H33FN8O2. The number of rotatable bonds is 7. The van der Waals surface area contributed by atoms with Gasteiger partial charge in [0, 0.05) is 43.0 Å². The van der Waals surface area contributed by atoms with Crippen molar-refractivity contribution in [3.63, 3.8) is 0 Å². The lowest BCUT2D eigenvalue weighted by atomic mass is 9.79. The summed E-state index contributed by atoms with van der Waals surface area (Å²) in [4.78, 5) is 27.7. The smallest absolute Gasteiger partial charge is 0.319 e. The van der Waals surface area contributed by atoms with Crippen LogP contribution in [0, 0.1) is 22.6 Å². The zero-order valence-corrected chi connectivity index (χ0v) is 23.2. The maximum absolute atomic E-state index is 15.8. The van der Waals surface area contributed by atoms with Gasteiger partial charge >= 0.3 is 6.01 Å². The molecule has 0 bridgehead atoms. The van der Waals surface area contributed by atoms with Gasteiger partial charge in [-0.1, -0.05) is 6.58 Å². The lowest BCUT2D eigenvalue weighted by Gasteiger charge is -2.47. The van der Waals surface area contributed by atoms with Crippen LogP contribution in [0.15, 0.2) is 31.0 Å². The van der Waals surface area contributed by atoms with Gasteiger partial charge in [0.2, 0.25) is 5.91 Å². The van der Waals surface area contributed by atoms with Crippen molar-refractivity contribution in [2.45, 2.75) is 44.2 Å². The Morgan fingerprint density at radius 1 is 1.24 bits per heavy atom. The molecular weight excluding hydrogens is 523 g/mol. The average Bonchev–Trinajstić information content (AvgIpc) is 3.35. The van der Waals surface area contributed by atoms with Gasteiger partial charge in [-0.05, 0) is 63.9 Å². The standard InChI is InChI=1S/C30H33FN8O2/c1-3-24(40)38-17-30(18-38)10-12-37(16-30)28-22(13-32)26(34-29(35-28)41-15-21-5-4-11-36(21)2)25-23(31)9-6-19-14-33-39(27(19)25)20-7-8-20/h3,6,9,14,20-21H,1,4-5,7-8,10-12,15-18H2,2H3/t21-/m0/s1. The molecule has 4 aliphatic rings. The summed E-state index contributed by atoms with van der Waals surface area (Å²) in [6.07, 6.45) is 8.05. The predicted octanol–water partition coefficient (Wildman–Crippen LogP) is 3.54. The summed E-state index contributed by atoms with van der Waals surface area (Å²) in [5.41, 5.74) is 1.29. The highest BCUT2D eigenvalue weighted by Crippen LogP contribution is 2.45. The van der Waals surface area contributed by atoms with Crippen LogP contribution in [0.3, 0.4) is 0 Å². The second-order valence-corrected chi connectivity index (χ2v) is 12.0. The summed E-state index contributed by atoms with van der Waals surface area (Å²) in [7, 11) is 2.08. The quantitative estimate of drug-likeness (QED) is 0.407. The Labute approximate surface area is 238 Å². The minimum atomic E-state index is -0.460. The van der Waals surface area contributed by atoms with E-state index >= 15 is 4.39 Å². The maximum Gasteiger partial charge on any atom is 0.319 e. The van der Waals surface area contributed by atoms with Crippen LogP contribution in [0.2, 0.25) is 0 Å². The third-order valence-electron chi connectivity index (χ3n) is 9.17. The highest BCUT2D eigenvalue weighted by atomic mass is 19.1. The first-order valence-corrected chi connectivity index (χ1v) is 14.4. The Balaban J connectivity index is 1.31. The topological polar surface area (TPSA) is 103 Å². The molecule has 1 spiro atoms. The number of carbonyl (C=O) groups excluding carboxylic acids is 1. The number of nitriles is 1. The molecule has 1 saturated carbocycles. The normalized spacial score (nSPS) is 21.8. The highest BCUT2D eigenvalue weighted by Gasteiger charge is 2.49. The molecule has 1 aromatic carbocycles. The van der Waals surface area contributed by atoms with Crippen molar-refractivity contribution in [2.75, 3.05) is 51.3 Å². The third-order valence-corrected chi connectivity index (χ3v) is 9.17. The monoisotopic (exact) mass is 556 g/mol. The van der Waals surface area contributed by atoms with Crippen LogP contribution in [-0.2, 0) is 4.79 Å². The highest BCUT2D eigenvalue weighted by molar-refractivity contribution is 5.95. The van der Waals surface area contributed by atoms with E-state index in [1.54, 1.807) is 17.2 Å². The van der Waals surface area contributed by atoms with Crippen molar-refractivity contribution in [2.24, 2.45) is 5.41 Å². The third kappa shape index (κ3) is 4.41. The summed E-state index contributed by atoms with van der Waals surface area (Å²) < 4.78 is 23.9. The molecule has 5 heterocycles. The summed E-state index contributed by atoms with van der Waals surface area (Å²) in [5.74, 6) is -0.0796. The first kappa shape index (κ1) is 25.9. The molecule has 7 rings (SSSR count). The summed E-state index contributed by atoms with van der Waals surface area (Å²) in [6, 6.07) is 6.05. The van der Waals surface area contributed by atoms with Gasteiger partial charge in [-0.2, -0.15) is 20.3 Å². The fourth-order valence-corrected chi connectivity index (χ4v) is 6.73. The van der Waals surface area contributed by atoms with Gasteiger partial charge in [-0.3, -0.25) is 9.48 Å². The molecule has 4 fully saturated rings. The molecule has 1 aliphatic carbocycles. The van der Waals surface area contributed by atoms with E-state index in [1.165, 1.54) is 12.1 Å². The number of likely N-dealkylation sites (tertiary alicyclic amines) is 2. The number of benzene rings is 1. The van der Waals surface area contributed by atoms with E-state index in [-0.39, 0.29) is 46.2 Å². The van der Waals surface area contributed by atoms with E-state index in [0.717, 1.165) is 44.0 Å². The van der Waals surface area contributed by atoms with Crippen LogP contribution >= 0.6 is 0 Å². The van der Waals surface area contributed by atoms with Crippen molar-refractivity contribution < 1.29 is 13.9 Å². The molecule has 0 unspecified atom stereocenters. The Morgan fingerprint density at radius 2 is 2.07 bits per heavy atom. The summed E-state index contributed by atoms with van der Waals surface area (Å²) >= 11 is 0. The molecule has 41 heavy (non-hydrogen) atoms. The number of carbonyl (C=O) groups is 1. The molecule has 3 aromatic rings. The van der Waals surface area contributed by atoms with E-state index in [1.807, 2.05) is 4.68 Å². The van der Waals surface area contributed by atoms with E-state index in [0.29, 0.717) is 44.1 Å². The molecule has 3 saturated heterocycles. The number of nitrogens with zero attached hydrogens (tertiary/aromatic N) is 8. The number of ether oxygens (including phenoxy) is 1. The van der Waals surface area contributed by atoms with Gasteiger partial charge in [0.15, 0.2) is 5.82 Å². The zero-order valence-electron chi connectivity index (χ0n) is 23.2. The van der Waals surface area contributed by atoms with Gasteiger partial charge in [0.1, 0.15) is 29.8 Å². The van der Waals surface area contributed by atoms with E-state index < -0.39 is 5.82 Å². The van der Waals surface area contributed by atoms with Crippen LogP contribution < -0.4 is 9.64 Å². The summed E-state index contributed by atoms with van der Waals surface area (Å²) in [6.45, 7) is 7.60. The number of amides is 1. The maximum atomic E-state index is 15.8. The number of hydrogen-bond donors (Lipinski definition) is 0. The van der Waals surface area contributed by atoms with Crippen molar-refractivity contribution in [3.05, 3.63) is 42.4 Å². The van der Waals surface area contributed by atoms with Gasteiger partial charge in [0.25, 0.3) is 0 Å². The fourth-order valence-electron chi connectivity index (χ4n) is 6.73. The second kappa shape index (κ2) is 9.80. The molecule has 2 aromatic heterocycles. The number of halogens is 1. The fraction of sp³-hybridized carbons (Fsp3) is 0.500. The average molecular weight is 557 g/mol. The van der Waals surface area contributed by atoms with Crippen molar-refractivity contribution in [1.29, 1.82) is 5.26 Å². The number of fused-ring (bicyclic) bond motifs is 1. The molecule has 3 aliphatic heterocycles. The molecule has 1 amide bonds. The number of hydrogen-bond acceptors (Lipinski definition) is 8. The Morgan fingerprint density at radius 3 is 2.78 bits per heavy atom. The van der Waals surface area contributed by atoms with E-state index in [9.17, 15) is 10.1 Å². The lowest BCUT2D eigenvalue weighted by molar-refractivity contribution is -0.136. The largest absolute Gasteiger partial charge is 0.462 e. The van der Waals surface area contributed by atoms with Gasteiger partial charge in [-0.25, -0.2) is 4.39 Å². The molecule has 11 heteroatoms. The van der Waals surface area contributed by atoms with Crippen molar-refractivity contribution >= 4 is 22.6 Å². The van der Waals surface area contributed by atoms with Gasteiger partial charge in [-0.15, -0.1) is 0 Å². The molecule has 1 atom stereocenters. The second-order valence-electron chi connectivity index (χ2n) is 12.0. The van der Waals surface area contributed by atoms with Crippen molar-refractivity contribution in [1.82, 2.24) is 29.5 Å². The number of anilines is 1. The van der Waals surface area contributed by atoms with Crippen molar-refractivity contribution in [3.8, 4) is 23.3 Å². The van der Waals surface area contributed by atoms with Gasteiger partial charge < -0.3 is 19.4 Å². The predicted molar refractivity (Wildman–Crippen MR) is 151 cm³/mol. The Bertz CT molecular complexity index is 1590. The SMILES string of the molecule is C=CC(=O)N1CC2(CCN(c3nc(OC[C@@H]4CCCN4C)nc(-c4c(F)ccc5cnn(C6CC6)c45)c3C#N)C2)C1.